The Labute approximate surface area is 97.6 Å². The highest BCUT2D eigenvalue weighted by Gasteiger charge is 2.11. The molecule has 0 saturated heterocycles. The van der Waals surface area contributed by atoms with Crippen molar-refractivity contribution in [1.82, 2.24) is 0 Å². The van der Waals surface area contributed by atoms with Crippen LogP contribution in [0.25, 0.3) is 0 Å². The van der Waals surface area contributed by atoms with Crippen molar-refractivity contribution in [2.45, 2.75) is 46.5 Å². The van der Waals surface area contributed by atoms with Crippen LogP contribution in [0.3, 0.4) is 0 Å². The second kappa shape index (κ2) is 8.30. The molecular weight excluding hydrogens is 208 g/mol. The molecule has 0 aliphatic rings. The molecular formula is C12H22O4. The van der Waals surface area contributed by atoms with Gasteiger partial charge in [0.1, 0.15) is 6.61 Å². The Kier molecular flexibility index (Phi) is 7.85. The lowest BCUT2D eigenvalue weighted by atomic mass is 10.3. The Morgan fingerprint density at radius 2 is 2.00 bits per heavy atom. The minimum Gasteiger partial charge on any atom is -0.460 e. The molecule has 4 heteroatoms. The molecule has 0 aliphatic heterocycles. The second-order valence-electron chi connectivity index (χ2n) is 3.76. The lowest BCUT2D eigenvalue weighted by molar-refractivity contribution is -0.173. The van der Waals surface area contributed by atoms with E-state index >= 15 is 0 Å². The number of hydrogen-bond donors (Lipinski definition) is 0. The maximum Gasteiger partial charge on any atom is 0.333 e. The van der Waals surface area contributed by atoms with Gasteiger partial charge in [0.15, 0.2) is 6.29 Å². The fourth-order valence-electron chi connectivity index (χ4n) is 1.01. The zero-order chi connectivity index (χ0) is 12.6. The van der Waals surface area contributed by atoms with Crippen LogP contribution in [0.15, 0.2) is 12.2 Å². The molecule has 2 unspecified atom stereocenters. The van der Waals surface area contributed by atoms with E-state index in [0.29, 0.717) is 12.2 Å². The van der Waals surface area contributed by atoms with Crippen LogP contribution in [0.2, 0.25) is 0 Å². The van der Waals surface area contributed by atoms with Gasteiger partial charge in [-0.2, -0.15) is 0 Å². The summed E-state index contributed by atoms with van der Waals surface area (Å²) in [5.41, 5.74) is 0.391. The third kappa shape index (κ3) is 7.43. The molecule has 4 nitrogen and oxygen atoms in total. The highest BCUT2D eigenvalue weighted by molar-refractivity contribution is 5.86. The van der Waals surface area contributed by atoms with Crippen molar-refractivity contribution in [1.29, 1.82) is 0 Å². The Bertz CT molecular complexity index is 225. The number of rotatable bonds is 8. The highest BCUT2D eigenvalue weighted by atomic mass is 16.7. The van der Waals surface area contributed by atoms with E-state index in [0.717, 1.165) is 6.42 Å². The van der Waals surface area contributed by atoms with E-state index < -0.39 is 5.97 Å². The Balaban J connectivity index is 3.69. The van der Waals surface area contributed by atoms with Crippen molar-refractivity contribution in [3.05, 3.63) is 12.2 Å². The summed E-state index contributed by atoms with van der Waals surface area (Å²) in [5, 5.41) is 0. The van der Waals surface area contributed by atoms with E-state index in [1.807, 2.05) is 20.8 Å². The van der Waals surface area contributed by atoms with Gasteiger partial charge < -0.3 is 14.2 Å². The van der Waals surface area contributed by atoms with Crippen LogP contribution >= 0.6 is 0 Å². The molecule has 0 aromatic carbocycles. The van der Waals surface area contributed by atoms with E-state index in [2.05, 4.69) is 6.58 Å². The molecule has 0 fully saturated rings. The minimum absolute atomic E-state index is 0.185. The molecule has 0 amide bonds. The van der Waals surface area contributed by atoms with Crippen molar-refractivity contribution in [3.63, 3.8) is 0 Å². The molecule has 0 spiro atoms. The predicted molar refractivity (Wildman–Crippen MR) is 62.0 cm³/mol. The molecule has 0 N–H and O–H groups in total. The topological polar surface area (TPSA) is 44.8 Å². The molecule has 2 atom stereocenters. The lowest BCUT2D eigenvalue weighted by Crippen LogP contribution is -2.25. The molecule has 0 radical (unpaired) electrons. The smallest absolute Gasteiger partial charge is 0.333 e. The van der Waals surface area contributed by atoms with Crippen LogP contribution in [-0.4, -0.2) is 31.6 Å². The Hall–Kier alpha value is -0.870. The summed E-state index contributed by atoms with van der Waals surface area (Å²) >= 11 is 0. The molecule has 0 heterocycles. The minimum atomic E-state index is -0.391. The molecule has 0 aromatic rings. The van der Waals surface area contributed by atoms with Gasteiger partial charge in [0.2, 0.25) is 0 Å². The van der Waals surface area contributed by atoms with Gasteiger partial charge in [-0.05, 0) is 27.2 Å². The molecule has 0 bridgehead atoms. The van der Waals surface area contributed by atoms with Gasteiger partial charge >= 0.3 is 5.97 Å². The molecule has 94 valence electrons. The van der Waals surface area contributed by atoms with Crippen LogP contribution in [0.1, 0.15) is 34.1 Å². The summed E-state index contributed by atoms with van der Waals surface area (Å²) in [6.07, 6.45) is 0.487. The first-order chi connectivity index (χ1) is 7.47. The van der Waals surface area contributed by atoms with Crippen molar-refractivity contribution < 1.29 is 19.0 Å². The Morgan fingerprint density at radius 3 is 2.50 bits per heavy atom. The van der Waals surface area contributed by atoms with Crippen molar-refractivity contribution >= 4 is 5.97 Å². The van der Waals surface area contributed by atoms with Crippen LogP contribution in [-0.2, 0) is 19.0 Å². The summed E-state index contributed by atoms with van der Waals surface area (Å²) in [6.45, 7) is 11.7. The summed E-state index contributed by atoms with van der Waals surface area (Å²) < 4.78 is 15.7. The fraction of sp³-hybridized carbons (Fsp3) is 0.750. The van der Waals surface area contributed by atoms with Gasteiger partial charge in [0.25, 0.3) is 0 Å². The molecule has 16 heavy (non-hydrogen) atoms. The summed E-state index contributed by atoms with van der Waals surface area (Å²) in [7, 11) is 0. The standard InChI is InChI=1S/C12H22O4/c1-6-7-14-11(5)16-10(4)8-15-12(13)9(2)3/h10-11H,2,6-8H2,1,3-5H3. The molecule has 0 aromatic heterocycles. The first-order valence-corrected chi connectivity index (χ1v) is 5.57. The number of hydrogen-bond acceptors (Lipinski definition) is 4. The van der Waals surface area contributed by atoms with Gasteiger partial charge in [-0.25, -0.2) is 4.79 Å². The first-order valence-electron chi connectivity index (χ1n) is 5.57. The summed E-state index contributed by atoms with van der Waals surface area (Å²) in [4.78, 5) is 11.1. The third-order valence-corrected chi connectivity index (χ3v) is 1.78. The molecule has 0 saturated carbocycles. The van der Waals surface area contributed by atoms with E-state index in [9.17, 15) is 4.79 Å². The van der Waals surface area contributed by atoms with E-state index in [1.165, 1.54) is 0 Å². The normalized spacial score (nSPS) is 14.2. The van der Waals surface area contributed by atoms with Crippen LogP contribution in [0.5, 0.6) is 0 Å². The maximum atomic E-state index is 11.1. The lowest BCUT2D eigenvalue weighted by Gasteiger charge is -2.19. The summed E-state index contributed by atoms with van der Waals surface area (Å²) in [6, 6.07) is 0. The number of esters is 1. The second-order valence-corrected chi connectivity index (χ2v) is 3.76. The third-order valence-electron chi connectivity index (χ3n) is 1.78. The highest BCUT2D eigenvalue weighted by Crippen LogP contribution is 2.02. The monoisotopic (exact) mass is 230 g/mol. The van der Waals surface area contributed by atoms with Gasteiger partial charge in [-0.3, -0.25) is 0 Å². The van der Waals surface area contributed by atoms with E-state index in [4.69, 9.17) is 14.2 Å². The average molecular weight is 230 g/mol. The first kappa shape index (κ1) is 15.1. The van der Waals surface area contributed by atoms with Crippen LogP contribution < -0.4 is 0 Å². The number of carbonyl (C=O) groups excluding carboxylic acids is 1. The van der Waals surface area contributed by atoms with Crippen molar-refractivity contribution in [3.8, 4) is 0 Å². The van der Waals surface area contributed by atoms with Gasteiger partial charge in [0, 0.05) is 12.2 Å². The number of carbonyl (C=O) groups is 1. The largest absolute Gasteiger partial charge is 0.460 e. The SMILES string of the molecule is C=C(C)C(=O)OCC(C)OC(C)OCCC. The molecule has 0 rings (SSSR count). The fourth-order valence-corrected chi connectivity index (χ4v) is 1.01. The maximum absolute atomic E-state index is 11.1. The molecule has 0 aliphatic carbocycles. The van der Waals surface area contributed by atoms with Gasteiger partial charge in [0.05, 0.1) is 6.10 Å². The zero-order valence-corrected chi connectivity index (χ0v) is 10.6. The average Bonchev–Trinajstić information content (AvgIpc) is 2.22. The van der Waals surface area contributed by atoms with Gasteiger partial charge in [-0.15, -0.1) is 0 Å². The predicted octanol–water partition coefficient (Wildman–Crippen LogP) is 2.28. The van der Waals surface area contributed by atoms with E-state index in [1.54, 1.807) is 6.92 Å². The van der Waals surface area contributed by atoms with E-state index in [-0.39, 0.29) is 19.0 Å². The number of ether oxygens (including phenoxy) is 3. The van der Waals surface area contributed by atoms with Crippen LogP contribution in [0, 0.1) is 0 Å². The van der Waals surface area contributed by atoms with Crippen LogP contribution in [0.4, 0.5) is 0 Å². The van der Waals surface area contributed by atoms with Crippen molar-refractivity contribution in [2.75, 3.05) is 13.2 Å². The zero-order valence-electron chi connectivity index (χ0n) is 10.6. The van der Waals surface area contributed by atoms with Crippen molar-refractivity contribution in [2.24, 2.45) is 0 Å². The Morgan fingerprint density at radius 1 is 1.38 bits per heavy atom. The summed E-state index contributed by atoms with van der Waals surface area (Å²) in [5.74, 6) is -0.391. The quantitative estimate of drug-likeness (QED) is 0.364. The van der Waals surface area contributed by atoms with Gasteiger partial charge in [-0.1, -0.05) is 13.5 Å².